The van der Waals surface area contributed by atoms with Gasteiger partial charge < -0.3 is 27.0 Å². The van der Waals surface area contributed by atoms with E-state index in [1.54, 1.807) is 0 Å². The average molecular weight is 260 g/mol. The Kier molecular flexibility index (Phi) is 7.25. The Bertz CT molecular complexity index is 311. The molecule has 0 bridgehead atoms. The fraction of sp³-hybridized carbons (Fsp3) is 0.700. The first-order valence-electron chi connectivity index (χ1n) is 5.58. The number of aliphatic imine (C=N–C) groups is 1. The summed E-state index contributed by atoms with van der Waals surface area (Å²) in [5.74, 6) is 0.533. The van der Waals surface area contributed by atoms with Gasteiger partial charge in [0, 0.05) is 13.5 Å². The van der Waals surface area contributed by atoms with Gasteiger partial charge in [0.1, 0.15) is 0 Å². The van der Waals surface area contributed by atoms with E-state index in [1.165, 1.54) is 6.92 Å². The molecule has 0 spiro atoms. The van der Waals surface area contributed by atoms with Gasteiger partial charge in [0.15, 0.2) is 5.96 Å². The average Bonchev–Trinajstić information content (AvgIpc) is 2.60. The normalized spacial score (nSPS) is 21.4. The van der Waals surface area contributed by atoms with Gasteiger partial charge in [0.2, 0.25) is 5.91 Å². The van der Waals surface area contributed by atoms with Crippen molar-refractivity contribution in [2.75, 3.05) is 6.54 Å². The number of carbonyl (C=O) groups is 2. The Morgan fingerprint density at radius 1 is 1.33 bits per heavy atom. The van der Waals surface area contributed by atoms with E-state index in [9.17, 15) is 4.79 Å². The number of hydrogen-bond acceptors (Lipinski definition) is 3. The molecule has 1 aliphatic rings. The Hall–Kier alpha value is -1.99. The molecule has 0 unspecified atom stereocenters. The van der Waals surface area contributed by atoms with Gasteiger partial charge in [-0.3, -0.25) is 4.79 Å². The molecule has 8 heteroatoms. The number of nitrogens with zero attached hydrogens (tertiary/aromatic N) is 1. The number of carbonyl (C=O) groups excluding carboxylic acids is 1. The summed E-state index contributed by atoms with van der Waals surface area (Å²) < 4.78 is 0. The Morgan fingerprint density at radius 3 is 2.33 bits per heavy atom. The lowest BCUT2D eigenvalue weighted by Gasteiger charge is -2.15. The van der Waals surface area contributed by atoms with Crippen LogP contribution in [0.4, 0.5) is 4.79 Å². The van der Waals surface area contributed by atoms with Gasteiger partial charge in [-0.25, -0.2) is 9.79 Å². The zero-order valence-corrected chi connectivity index (χ0v) is 10.3. The maximum atomic E-state index is 10.7. The predicted octanol–water partition coefficient (Wildman–Crippen LogP) is -0.213. The summed E-state index contributed by atoms with van der Waals surface area (Å²) in [5, 5.41) is 16.7. The number of amides is 1. The summed E-state index contributed by atoms with van der Waals surface area (Å²) >= 11 is 0. The van der Waals surface area contributed by atoms with Crippen LogP contribution in [0.25, 0.3) is 0 Å². The van der Waals surface area contributed by atoms with E-state index in [0.717, 1.165) is 19.3 Å². The number of nitrogens with two attached hydrogens (primary N) is 2. The lowest BCUT2D eigenvalue weighted by Crippen LogP contribution is -2.32. The van der Waals surface area contributed by atoms with Crippen LogP contribution in [-0.2, 0) is 4.79 Å². The van der Waals surface area contributed by atoms with Crippen molar-refractivity contribution in [2.45, 2.75) is 32.2 Å². The first kappa shape index (κ1) is 16.0. The summed E-state index contributed by atoms with van der Waals surface area (Å²) in [6.07, 6.45) is 1.40. The molecule has 0 radical (unpaired) electrons. The third-order valence-electron chi connectivity index (χ3n) is 2.55. The Balaban J connectivity index is 0.000000631. The van der Waals surface area contributed by atoms with Gasteiger partial charge in [-0.05, 0) is 18.8 Å². The van der Waals surface area contributed by atoms with Crippen LogP contribution >= 0.6 is 0 Å². The minimum absolute atomic E-state index is 0.000324. The highest BCUT2D eigenvalue weighted by Gasteiger charge is 2.26. The van der Waals surface area contributed by atoms with E-state index >= 15 is 0 Å². The van der Waals surface area contributed by atoms with Crippen LogP contribution in [0.15, 0.2) is 4.99 Å². The smallest absolute Gasteiger partial charge is 0.450 e. The molecular formula is C10H20N4O4. The van der Waals surface area contributed by atoms with Crippen LogP contribution in [0.2, 0.25) is 0 Å². The van der Waals surface area contributed by atoms with Gasteiger partial charge in [0.25, 0.3) is 0 Å². The molecule has 0 aromatic rings. The standard InChI is InChI=1S/C9H18N4O.CH2O3/c1-6(14)12-5-7-3-2-4-8(7)13-9(10)11;2-1(3)4/h7-8H,2-5H2,1H3,(H,12,14)(H4,10,11,13);(H2,2,3,4)/t7-,8+;/m1./s1. The highest BCUT2D eigenvalue weighted by Crippen LogP contribution is 2.27. The van der Waals surface area contributed by atoms with E-state index in [-0.39, 0.29) is 17.9 Å². The Morgan fingerprint density at radius 2 is 1.89 bits per heavy atom. The third-order valence-corrected chi connectivity index (χ3v) is 2.55. The molecule has 1 amide bonds. The zero-order valence-electron chi connectivity index (χ0n) is 10.3. The topological polar surface area (TPSA) is 151 Å². The summed E-state index contributed by atoms with van der Waals surface area (Å²) in [7, 11) is 0. The number of carboxylic acid groups (broad SMARTS) is 2. The number of nitrogens with one attached hydrogen (secondary N) is 1. The summed E-state index contributed by atoms with van der Waals surface area (Å²) in [4.78, 5) is 23.4. The van der Waals surface area contributed by atoms with Crippen molar-refractivity contribution in [1.29, 1.82) is 0 Å². The lowest BCUT2D eigenvalue weighted by molar-refractivity contribution is -0.119. The van der Waals surface area contributed by atoms with Crippen LogP contribution in [0.1, 0.15) is 26.2 Å². The molecule has 8 nitrogen and oxygen atoms in total. The minimum Gasteiger partial charge on any atom is -0.450 e. The summed E-state index contributed by atoms with van der Waals surface area (Å²) in [6.45, 7) is 2.20. The zero-order chi connectivity index (χ0) is 14.1. The molecule has 7 N–H and O–H groups in total. The molecule has 1 fully saturated rings. The van der Waals surface area contributed by atoms with Crippen molar-refractivity contribution in [1.82, 2.24) is 5.32 Å². The predicted molar refractivity (Wildman–Crippen MR) is 66.3 cm³/mol. The van der Waals surface area contributed by atoms with Crippen LogP contribution < -0.4 is 16.8 Å². The fourth-order valence-electron chi connectivity index (χ4n) is 1.89. The molecule has 0 aliphatic heterocycles. The van der Waals surface area contributed by atoms with E-state index in [2.05, 4.69) is 10.3 Å². The van der Waals surface area contributed by atoms with E-state index in [4.69, 9.17) is 26.5 Å². The number of hydrogen-bond donors (Lipinski definition) is 5. The maximum Gasteiger partial charge on any atom is 0.503 e. The molecule has 104 valence electrons. The van der Waals surface area contributed by atoms with Gasteiger partial charge in [-0.15, -0.1) is 0 Å². The SMILES string of the molecule is CC(=O)NC[C@H]1CCC[C@@H]1N=C(N)N.O=C(O)O. The van der Waals surface area contributed by atoms with Crippen molar-refractivity contribution in [3.8, 4) is 0 Å². The second kappa shape index (κ2) is 8.15. The van der Waals surface area contributed by atoms with Gasteiger partial charge in [-0.1, -0.05) is 6.42 Å². The van der Waals surface area contributed by atoms with Crippen LogP contribution in [0, 0.1) is 5.92 Å². The minimum atomic E-state index is -1.83. The highest BCUT2D eigenvalue weighted by atomic mass is 16.6. The maximum absolute atomic E-state index is 10.7. The third kappa shape index (κ3) is 8.20. The quantitative estimate of drug-likeness (QED) is 0.349. The van der Waals surface area contributed by atoms with Crippen molar-refractivity contribution in [3.63, 3.8) is 0 Å². The second-order valence-electron chi connectivity index (χ2n) is 4.03. The Labute approximate surface area is 105 Å². The van der Waals surface area contributed by atoms with Crippen molar-refractivity contribution < 1.29 is 19.8 Å². The van der Waals surface area contributed by atoms with Crippen LogP contribution in [0.3, 0.4) is 0 Å². The number of rotatable bonds is 3. The van der Waals surface area contributed by atoms with Crippen molar-refractivity contribution in [3.05, 3.63) is 0 Å². The molecular weight excluding hydrogens is 240 g/mol. The molecule has 18 heavy (non-hydrogen) atoms. The fourth-order valence-corrected chi connectivity index (χ4v) is 1.89. The molecule has 0 aromatic carbocycles. The molecule has 1 aliphatic carbocycles. The van der Waals surface area contributed by atoms with Crippen molar-refractivity contribution >= 4 is 18.0 Å². The van der Waals surface area contributed by atoms with Gasteiger partial charge >= 0.3 is 6.16 Å². The summed E-state index contributed by atoms with van der Waals surface area (Å²) in [6, 6.07) is 0.187. The molecule has 0 aromatic heterocycles. The second-order valence-corrected chi connectivity index (χ2v) is 4.03. The largest absolute Gasteiger partial charge is 0.503 e. The highest BCUT2D eigenvalue weighted by molar-refractivity contribution is 5.76. The van der Waals surface area contributed by atoms with Crippen LogP contribution in [0.5, 0.6) is 0 Å². The molecule has 0 heterocycles. The van der Waals surface area contributed by atoms with Gasteiger partial charge in [0.05, 0.1) is 6.04 Å². The first-order chi connectivity index (χ1) is 8.32. The van der Waals surface area contributed by atoms with E-state index in [1.807, 2.05) is 0 Å². The first-order valence-corrected chi connectivity index (χ1v) is 5.58. The monoisotopic (exact) mass is 260 g/mol. The summed E-state index contributed by atoms with van der Waals surface area (Å²) in [5.41, 5.74) is 10.7. The van der Waals surface area contributed by atoms with Crippen LogP contribution in [-0.4, -0.2) is 40.8 Å². The van der Waals surface area contributed by atoms with E-state index < -0.39 is 6.16 Å². The molecule has 0 saturated heterocycles. The van der Waals surface area contributed by atoms with Crippen molar-refractivity contribution in [2.24, 2.45) is 22.4 Å². The lowest BCUT2D eigenvalue weighted by atomic mass is 10.0. The molecule has 1 saturated carbocycles. The number of guanidine groups is 1. The van der Waals surface area contributed by atoms with E-state index in [0.29, 0.717) is 12.5 Å². The molecule has 2 atom stereocenters. The van der Waals surface area contributed by atoms with Gasteiger partial charge in [-0.2, -0.15) is 0 Å². The molecule has 1 rings (SSSR count).